The fourth-order valence-corrected chi connectivity index (χ4v) is 3.25. The summed E-state index contributed by atoms with van der Waals surface area (Å²) in [4.78, 5) is 0. The Hall–Kier alpha value is -0.820. The molecule has 0 saturated heterocycles. The monoisotopic (exact) mass is 245 g/mol. The van der Waals surface area contributed by atoms with Crippen molar-refractivity contribution in [3.05, 3.63) is 35.4 Å². The largest absolute Gasteiger partial charge is 0.321 e. The molecule has 0 bridgehead atoms. The van der Waals surface area contributed by atoms with E-state index in [0.717, 1.165) is 12.3 Å². The van der Waals surface area contributed by atoms with Crippen molar-refractivity contribution in [1.82, 2.24) is 0 Å². The number of rotatable bonds is 2. The average molecular weight is 245 g/mol. The molecule has 3 unspecified atom stereocenters. The lowest BCUT2D eigenvalue weighted by molar-refractivity contribution is 0.162. The van der Waals surface area contributed by atoms with E-state index in [1.807, 2.05) is 0 Å². The third kappa shape index (κ3) is 2.47. The van der Waals surface area contributed by atoms with Crippen LogP contribution < -0.4 is 5.73 Å². The SMILES string of the molecule is CC1CCC(C)C(N)(c2ccc(C(C)C)cc2)C1. The van der Waals surface area contributed by atoms with E-state index >= 15 is 0 Å². The minimum atomic E-state index is -0.118. The van der Waals surface area contributed by atoms with Crippen molar-refractivity contribution in [3.8, 4) is 0 Å². The van der Waals surface area contributed by atoms with Gasteiger partial charge in [0.05, 0.1) is 0 Å². The van der Waals surface area contributed by atoms with Crippen LogP contribution in [0, 0.1) is 11.8 Å². The first-order valence-electron chi connectivity index (χ1n) is 7.33. The van der Waals surface area contributed by atoms with Crippen LogP contribution in [-0.2, 0) is 5.54 Å². The van der Waals surface area contributed by atoms with Gasteiger partial charge < -0.3 is 5.73 Å². The van der Waals surface area contributed by atoms with E-state index in [2.05, 4.69) is 52.0 Å². The maximum Gasteiger partial charge on any atom is 0.0438 e. The Balaban J connectivity index is 2.28. The Labute approximate surface area is 112 Å². The van der Waals surface area contributed by atoms with Gasteiger partial charge in [-0.25, -0.2) is 0 Å². The fourth-order valence-electron chi connectivity index (χ4n) is 3.25. The quantitative estimate of drug-likeness (QED) is 0.820. The first kappa shape index (κ1) is 13.6. The summed E-state index contributed by atoms with van der Waals surface area (Å²) in [5, 5.41) is 0. The highest BCUT2D eigenvalue weighted by Crippen LogP contribution is 2.42. The lowest BCUT2D eigenvalue weighted by Gasteiger charge is -2.43. The molecule has 1 nitrogen and oxygen atoms in total. The summed E-state index contributed by atoms with van der Waals surface area (Å²) in [6.45, 7) is 9.11. The van der Waals surface area contributed by atoms with E-state index in [-0.39, 0.29) is 5.54 Å². The molecule has 1 aromatic rings. The zero-order valence-corrected chi connectivity index (χ0v) is 12.2. The van der Waals surface area contributed by atoms with Crippen LogP contribution in [0.2, 0.25) is 0 Å². The molecular weight excluding hydrogens is 218 g/mol. The van der Waals surface area contributed by atoms with Gasteiger partial charge in [0.2, 0.25) is 0 Å². The van der Waals surface area contributed by atoms with E-state index in [1.54, 1.807) is 0 Å². The number of nitrogens with two attached hydrogens (primary N) is 1. The third-order valence-electron chi connectivity index (χ3n) is 4.77. The lowest BCUT2D eigenvalue weighted by Crippen LogP contribution is -2.47. The molecule has 1 aliphatic rings. The summed E-state index contributed by atoms with van der Waals surface area (Å²) in [6.07, 6.45) is 3.70. The second-order valence-electron chi connectivity index (χ2n) is 6.60. The molecule has 1 fully saturated rings. The fraction of sp³-hybridized carbons (Fsp3) is 0.647. The van der Waals surface area contributed by atoms with Crippen molar-refractivity contribution in [2.45, 2.75) is 58.4 Å². The minimum absolute atomic E-state index is 0.118. The van der Waals surface area contributed by atoms with Crippen LogP contribution in [0.5, 0.6) is 0 Å². The first-order valence-corrected chi connectivity index (χ1v) is 7.33. The minimum Gasteiger partial charge on any atom is -0.321 e. The van der Waals surface area contributed by atoms with Crippen LogP contribution in [0.3, 0.4) is 0 Å². The highest BCUT2D eigenvalue weighted by molar-refractivity contribution is 5.31. The molecule has 0 aliphatic heterocycles. The average Bonchev–Trinajstić information content (AvgIpc) is 2.34. The summed E-state index contributed by atoms with van der Waals surface area (Å²) >= 11 is 0. The van der Waals surface area contributed by atoms with Crippen LogP contribution in [0.15, 0.2) is 24.3 Å². The molecule has 2 rings (SSSR count). The molecule has 0 amide bonds. The first-order chi connectivity index (χ1) is 8.43. The molecule has 2 N–H and O–H groups in total. The van der Waals surface area contributed by atoms with Crippen LogP contribution in [0.25, 0.3) is 0 Å². The maximum atomic E-state index is 6.74. The molecule has 0 radical (unpaired) electrons. The second-order valence-corrected chi connectivity index (χ2v) is 6.60. The zero-order valence-electron chi connectivity index (χ0n) is 12.2. The molecule has 0 heterocycles. The molecule has 18 heavy (non-hydrogen) atoms. The van der Waals surface area contributed by atoms with Crippen LogP contribution in [-0.4, -0.2) is 0 Å². The molecule has 0 spiro atoms. The van der Waals surface area contributed by atoms with E-state index in [0.29, 0.717) is 11.8 Å². The van der Waals surface area contributed by atoms with E-state index in [1.165, 1.54) is 24.0 Å². The summed E-state index contributed by atoms with van der Waals surface area (Å²) in [5.41, 5.74) is 9.35. The van der Waals surface area contributed by atoms with Crippen molar-refractivity contribution >= 4 is 0 Å². The topological polar surface area (TPSA) is 26.0 Å². The molecule has 1 aliphatic carbocycles. The van der Waals surface area contributed by atoms with Gasteiger partial charge >= 0.3 is 0 Å². The molecule has 1 saturated carbocycles. The van der Waals surface area contributed by atoms with Crippen LogP contribution in [0.4, 0.5) is 0 Å². The summed E-state index contributed by atoms with van der Waals surface area (Å²) in [7, 11) is 0. The molecule has 3 atom stereocenters. The van der Waals surface area contributed by atoms with Gasteiger partial charge in [-0.15, -0.1) is 0 Å². The van der Waals surface area contributed by atoms with Gasteiger partial charge in [0.1, 0.15) is 0 Å². The van der Waals surface area contributed by atoms with Gasteiger partial charge in [-0.3, -0.25) is 0 Å². The van der Waals surface area contributed by atoms with Crippen molar-refractivity contribution in [1.29, 1.82) is 0 Å². The van der Waals surface area contributed by atoms with Gasteiger partial charge in [-0.05, 0) is 41.7 Å². The molecule has 1 aromatic carbocycles. The Kier molecular flexibility index (Phi) is 3.82. The number of hydrogen-bond donors (Lipinski definition) is 1. The van der Waals surface area contributed by atoms with Crippen molar-refractivity contribution < 1.29 is 0 Å². The van der Waals surface area contributed by atoms with Gasteiger partial charge in [0.25, 0.3) is 0 Å². The van der Waals surface area contributed by atoms with Crippen LogP contribution in [0.1, 0.15) is 64.0 Å². The summed E-state index contributed by atoms with van der Waals surface area (Å²) in [5.74, 6) is 1.92. The number of benzene rings is 1. The van der Waals surface area contributed by atoms with E-state index in [9.17, 15) is 0 Å². The zero-order chi connectivity index (χ0) is 13.3. The Morgan fingerprint density at radius 1 is 1.11 bits per heavy atom. The highest BCUT2D eigenvalue weighted by Gasteiger charge is 2.38. The van der Waals surface area contributed by atoms with Gasteiger partial charge in [-0.1, -0.05) is 58.4 Å². The standard InChI is InChI=1S/C17H27N/c1-12(2)15-7-9-16(10-8-15)17(18)11-13(3)5-6-14(17)4/h7-10,12-14H,5-6,11,18H2,1-4H3. The second kappa shape index (κ2) is 5.05. The van der Waals surface area contributed by atoms with Crippen molar-refractivity contribution in [2.24, 2.45) is 17.6 Å². The maximum absolute atomic E-state index is 6.74. The molecule has 1 heteroatoms. The summed E-state index contributed by atoms with van der Waals surface area (Å²) < 4.78 is 0. The van der Waals surface area contributed by atoms with Gasteiger partial charge in [0, 0.05) is 5.54 Å². The van der Waals surface area contributed by atoms with E-state index < -0.39 is 0 Å². The summed E-state index contributed by atoms with van der Waals surface area (Å²) in [6, 6.07) is 9.01. The molecule has 100 valence electrons. The van der Waals surface area contributed by atoms with Crippen molar-refractivity contribution in [2.75, 3.05) is 0 Å². The van der Waals surface area contributed by atoms with E-state index in [4.69, 9.17) is 5.73 Å². The Bertz CT molecular complexity index is 393. The van der Waals surface area contributed by atoms with Gasteiger partial charge in [0.15, 0.2) is 0 Å². The predicted molar refractivity (Wildman–Crippen MR) is 78.6 cm³/mol. The molecular formula is C17H27N. The normalized spacial score (nSPS) is 32.8. The van der Waals surface area contributed by atoms with Gasteiger partial charge in [-0.2, -0.15) is 0 Å². The van der Waals surface area contributed by atoms with Crippen molar-refractivity contribution in [3.63, 3.8) is 0 Å². The lowest BCUT2D eigenvalue weighted by atomic mass is 9.67. The highest BCUT2D eigenvalue weighted by atomic mass is 14.8. The Morgan fingerprint density at radius 2 is 1.72 bits per heavy atom. The third-order valence-corrected chi connectivity index (χ3v) is 4.77. The predicted octanol–water partition coefficient (Wildman–Crippen LogP) is 4.42. The Morgan fingerprint density at radius 3 is 2.28 bits per heavy atom. The van der Waals surface area contributed by atoms with Crippen LogP contribution >= 0.6 is 0 Å². The number of hydrogen-bond acceptors (Lipinski definition) is 1. The molecule has 0 aromatic heterocycles. The smallest absolute Gasteiger partial charge is 0.0438 e.